The number of rotatable bonds is 2. The second-order valence-electron chi connectivity index (χ2n) is 4.58. The van der Waals surface area contributed by atoms with Gasteiger partial charge in [-0.2, -0.15) is 9.50 Å². The molecule has 0 saturated heterocycles. The molecule has 0 aliphatic carbocycles. The van der Waals surface area contributed by atoms with Crippen LogP contribution in [0.25, 0.3) is 16.9 Å². The van der Waals surface area contributed by atoms with Crippen molar-refractivity contribution in [2.75, 3.05) is 0 Å². The van der Waals surface area contributed by atoms with Crippen molar-refractivity contribution < 1.29 is 5.11 Å². The summed E-state index contributed by atoms with van der Waals surface area (Å²) >= 11 is 0. The van der Waals surface area contributed by atoms with Crippen LogP contribution >= 0.6 is 0 Å². The van der Waals surface area contributed by atoms with Gasteiger partial charge in [-0.25, -0.2) is 0 Å². The molecule has 0 amide bonds. The summed E-state index contributed by atoms with van der Waals surface area (Å²) in [6, 6.07) is 7.39. The van der Waals surface area contributed by atoms with Gasteiger partial charge in [-0.05, 0) is 18.1 Å². The lowest BCUT2D eigenvalue weighted by atomic mass is 10.0. The van der Waals surface area contributed by atoms with Gasteiger partial charge < -0.3 is 5.11 Å². The SMILES string of the molecule is CCc1nc2[nH]c(=O)c(-c3ccccc3C)c(O)n2n1. The van der Waals surface area contributed by atoms with Crippen LogP contribution in [-0.2, 0) is 6.42 Å². The molecule has 0 aliphatic rings. The molecule has 3 rings (SSSR count). The maximum absolute atomic E-state index is 12.2. The van der Waals surface area contributed by atoms with E-state index in [4.69, 9.17) is 0 Å². The Morgan fingerprint density at radius 3 is 2.80 bits per heavy atom. The van der Waals surface area contributed by atoms with E-state index in [0.29, 0.717) is 17.8 Å². The molecule has 20 heavy (non-hydrogen) atoms. The second kappa shape index (κ2) is 4.48. The van der Waals surface area contributed by atoms with Crippen LogP contribution in [0.1, 0.15) is 18.3 Å². The molecule has 3 aromatic rings. The minimum absolute atomic E-state index is 0.190. The molecule has 2 N–H and O–H groups in total. The fourth-order valence-electron chi connectivity index (χ4n) is 2.20. The van der Waals surface area contributed by atoms with Crippen LogP contribution in [0.3, 0.4) is 0 Å². The maximum Gasteiger partial charge on any atom is 0.264 e. The van der Waals surface area contributed by atoms with E-state index in [1.54, 1.807) is 6.07 Å². The Kier molecular flexibility index (Phi) is 2.78. The van der Waals surface area contributed by atoms with E-state index >= 15 is 0 Å². The van der Waals surface area contributed by atoms with Gasteiger partial charge in [-0.3, -0.25) is 9.78 Å². The van der Waals surface area contributed by atoms with E-state index in [1.807, 2.05) is 32.0 Å². The molecule has 0 spiro atoms. The van der Waals surface area contributed by atoms with Crippen LogP contribution in [0.15, 0.2) is 29.1 Å². The highest BCUT2D eigenvalue weighted by Gasteiger charge is 2.17. The van der Waals surface area contributed by atoms with Gasteiger partial charge in [0.1, 0.15) is 5.56 Å². The number of aromatic amines is 1. The smallest absolute Gasteiger partial charge is 0.264 e. The van der Waals surface area contributed by atoms with Crippen LogP contribution in [-0.4, -0.2) is 24.7 Å². The monoisotopic (exact) mass is 270 g/mol. The molecule has 6 nitrogen and oxygen atoms in total. The van der Waals surface area contributed by atoms with Gasteiger partial charge in [0.25, 0.3) is 5.56 Å². The van der Waals surface area contributed by atoms with Crippen molar-refractivity contribution in [2.45, 2.75) is 20.3 Å². The predicted octanol–water partition coefficient (Wildman–Crippen LogP) is 1.66. The minimum Gasteiger partial charge on any atom is -0.493 e. The van der Waals surface area contributed by atoms with Crippen molar-refractivity contribution in [1.29, 1.82) is 0 Å². The maximum atomic E-state index is 12.2. The number of hydrogen-bond donors (Lipinski definition) is 2. The van der Waals surface area contributed by atoms with Crippen molar-refractivity contribution in [3.05, 3.63) is 46.0 Å². The summed E-state index contributed by atoms with van der Waals surface area (Å²) in [5.41, 5.74) is 1.42. The van der Waals surface area contributed by atoms with Crippen LogP contribution in [0.2, 0.25) is 0 Å². The van der Waals surface area contributed by atoms with Crippen molar-refractivity contribution in [3.63, 3.8) is 0 Å². The third kappa shape index (κ3) is 1.77. The van der Waals surface area contributed by atoms with Gasteiger partial charge in [0.15, 0.2) is 5.82 Å². The fraction of sp³-hybridized carbons (Fsp3) is 0.214. The number of aromatic nitrogens is 4. The summed E-state index contributed by atoms with van der Waals surface area (Å²) < 4.78 is 1.27. The lowest BCUT2D eigenvalue weighted by Crippen LogP contribution is -2.13. The Morgan fingerprint density at radius 2 is 2.10 bits per heavy atom. The van der Waals surface area contributed by atoms with Gasteiger partial charge >= 0.3 is 0 Å². The molecular formula is C14H14N4O2. The van der Waals surface area contributed by atoms with E-state index in [0.717, 1.165) is 5.56 Å². The second-order valence-corrected chi connectivity index (χ2v) is 4.58. The van der Waals surface area contributed by atoms with Gasteiger partial charge in [0, 0.05) is 6.42 Å². The van der Waals surface area contributed by atoms with Crippen LogP contribution in [0.4, 0.5) is 0 Å². The first-order chi connectivity index (χ1) is 9.61. The van der Waals surface area contributed by atoms with Crippen LogP contribution < -0.4 is 5.56 Å². The third-order valence-electron chi connectivity index (χ3n) is 3.26. The first-order valence-electron chi connectivity index (χ1n) is 6.38. The van der Waals surface area contributed by atoms with Crippen molar-refractivity contribution in [3.8, 4) is 17.0 Å². The summed E-state index contributed by atoms with van der Waals surface area (Å²) in [4.78, 5) is 19.0. The molecule has 6 heteroatoms. The van der Waals surface area contributed by atoms with Crippen molar-refractivity contribution in [1.82, 2.24) is 19.6 Å². The first kappa shape index (κ1) is 12.4. The largest absolute Gasteiger partial charge is 0.493 e. The van der Waals surface area contributed by atoms with Crippen molar-refractivity contribution in [2.24, 2.45) is 0 Å². The third-order valence-corrected chi connectivity index (χ3v) is 3.26. The molecule has 1 aromatic carbocycles. The van der Waals surface area contributed by atoms with Gasteiger partial charge in [0.05, 0.1) is 0 Å². The Bertz CT molecular complexity index is 848. The first-order valence-corrected chi connectivity index (χ1v) is 6.38. The van der Waals surface area contributed by atoms with Gasteiger partial charge in [-0.1, -0.05) is 31.2 Å². The summed E-state index contributed by atoms with van der Waals surface area (Å²) in [6.45, 7) is 3.80. The molecular weight excluding hydrogens is 256 g/mol. The number of hydrogen-bond acceptors (Lipinski definition) is 4. The highest BCUT2D eigenvalue weighted by atomic mass is 16.3. The van der Waals surface area contributed by atoms with E-state index in [-0.39, 0.29) is 22.8 Å². The normalized spacial score (nSPS) is 11.1. The van der Waals surface area contributed by atoms with Crippen molar-refractivity contribution >= 4 is 5.78 Å². The summed E-state index contributed by atoms with van der Waals surface area (Å²) in [7, 11) is 0. The molecule has 0 atom stereocenters. The summed E-state index contributed by atoms with van der Waals surface area (Å²) in [5, 5.41) is 14.5. The van der Waals surface area contributed by atoms with E-state index in [9.17, 15) is 9.90 Å². The molecule has 2 aromatic heterocycles. The zero-order chi connectivity index (χ0) is 14.3. The topological polar surface area (TPSA) is 83.3 Å². The zero-order valence-corrected chi connectivity index (χ0v) is 11.2. The molecule has 0 unspecified atom stereocenters. The molecule has 0 radical (unpaired) electrons. The van der Waals surface area contributed by atoms with Crippen LogP contribution in [0, 0.1) is 6.92 Å². The summed E-state index contributed by atoms with van der Waals surface area (Å²) in [5.74, 6) is 0.629. The number of aromatic hydroxyl groups is 1. The highest BCUT2D eigenvalue weighted by molar-refractivity contribution is 5.71. The lowest BCUT2D eigenvalue weighted by molar-refractivity contribution is 0.436. The number of H-pyrrole nitrogens is 1. The Labute approximate surface area is 114 Å². The Hall–Kier alpha value is -2.63. The zero-order valence-electron chi connectivity index (χ0n) is 11.2. The van der Waals surface area contributed by atoms with Gasteiger partial charge in [-0.15, -0.1) is 5.10 Å². The Balaban J connectivity index is 2.37. The van der Waals surface area contributed by atoms with E-state index in [2.05, 4.69) is 15.1 Å². The van der Waals surface area contributed by atoms with Crippen LogP contribution in [0.5, 0.6) is 5.88 Å². The highest BCUT2D eigenvalue weighted by Crippen LogP contribution is 2.27. The number of nitrogens with zero attached hydrogens (tertiary/aromatic N) is 3. The lowest BCUT2D eigenvalue weighted by Gasteiger charge is -2.07. The predicted molar refractivity (Wildman–Crippen MR) is 74.8 cm³/mol. The van der Waals surface area contributed by atoms with Gasteiger partial charge in [0.2, 0.25) is 11.7 Å². The summed E-state index contributed by atoms with van der Waals surface area (Å²) in [6.07, 6.45) is 0.628. The average molecular weight is 270 g/mol. The van der Waals surface area contributed by atoms with E-state index < -0.39 is 0 Å². The number of nitrogens with one attached hydrogen (secondary N) is 1. The molecule has 0 saturated carbocycles. The molecule has 0 bridgehead atoms. The Morgan fingerprint density at radius 1 is 1.35 bits per heavy atom. The standard InChI is InChI=1S/C14H14N4O2/c1-3-10-15-14-16-12(19)11(13(20)18(14)17-10)9-7-5-4-6-8(9)2/h4-7,20H,3H2,1-2H3,(H,15,16,17,19). The number of aryl methyl sites for hydroxylation is 2. The quantitative estimate of drug-likeness (QED) is 0.741. The molecule has 0 aliphatic heterocycles. The molecule has 102 valence electrons. The minimum atomic E-state index is -0.376. The number of benzene rings is 1. The number of fused-ring (bicyclic) bond motifs is 1. The molecule has 0 fully saturated rings. The molecule has 2 heterocycles. The fourth-order valence-corrected chi connectivity index (χ4v) is 2.20. The average Bonchev–Trinajstić information content (AvgIpc) is 2.84. The van der Waals surface area contributed by atoms with E-state index in [1.165, 1.54) is 4.52 Å².